The smallest absolute Gasteiger partial charge is 0.143 e. The van der Waals surface area contributed by atoms with Crippen molar-refractivity contribution < 1.29 is 14.2 Å². The second-order valence-corrected chi connectivity index (χ2v) is 4.75. The average Bonchev–Trinajstić information content (AvgIpc) is 2.77. The van der Waals surface area contributed by atoms with Crippen LogP contribution in [0, 0.1) is 3.70 Å². The van der Waals surface area contributed by atoms with Crippen LogP contribution >= 0.6 is 22.6 Å². The number of ether oxygens (including phenoxy) is 3. The highest BCUT2D eigenvalue weighted by Crippen LogP contribution is 1.96. The van der Waals surface area contributed by atoms with Gasteiger partial charge in [0.15, 0.2) is 0 Å². The molecule has 1 aromatic heterocycles. The summed E-state index contributed by atoms with van der Waals surface area (Å²) in [6.07, 6.45) is 2.93. The van der Waals surface area contributed by atoms with Gasteiger partial charge in [-0.25, -0.2) is 4.68 Å². The van der Waals surface area contributed by atoms with E-state index >= 15 is 0 Å². The first-order chi connectivity index (χ1) is 8.83. The highest BCUT2D eigenvalue weighted by atomic mass is 127. The van der Waals surface area contributed by atoms with Gasteiger partial charge in [0.05, 0.1) is 45.8 Å². The van der Waals surface area contributed by atoms with E-state index in [1.54, 1.807) is 4.68 Å². The van der Waals surface area contributed by atoms with Crippen LogP contribution in [0.1, 0.15) is 13.3 Å². The molecule has 0 N–H and O–H groups in total. The molecule has 0 atom stereocenters. The molecule has 0 radical (unpaired) electrons. The van der Waals surface area contributed by atoms with Crippen molar-refractivity contribution in [2.75, 3.05) is 39.6 Å². The summed E-state index contributed by atoms with van der Waals surface area (Å²) in [5, 5.41) is 7.81. The lowest BCUT2D eigenvalue weighted by atomic mass is 10.5. The third-order valence-corrected chi connectivity index (χ3v) is 2.56. The lowest BCUT2D eigenvalue weighted by Gasteiger charge is -2.06. The van der Waals surface area contributed by atoms with Gasteiger partial charge in [-0.15, -0.1) is 5.10 Å². The molecule has 0 saturated heterocycles. The molecule has 0 aliphatic carbocycles. The first-order valence-corrected chi connectivity index (χ1v) is 7.19. The molecule has 0 bridgehead atoms. The Bertz CT molecular complexity index is 309. The lowest BCUT2D eigenvalue weighted by Crippen LogP contribution is -2.12. The fourth-order valence-corrected chi connectivity index (χ4v) is 1.65. The number of aromatic nitrogens is 3. The molecule has 1 heterocycles. The third kappa shape index (κ3) is 7.96. The van der Waals surface area contributed by atoms with Gasteiger partial charge < -0.3 is 14.2 Å². The fraction of sp³-hybridized carbons (Fsp3) is 0.818. The standard InChI is InChI=1S/C11H20IN3O3/c1-2-4-16-6-8-18-9-7-17-5-3-15-10-11(12)13-14-15/h10H,2-9H2,1H3. The van der Waals surface area contributed by atoms with Crippen LogP contribution in [0.3, 0.4) is 0 Å². The normalized spacial score (nSPS) is 11.0. The summed E-state index contributed by atoms with van der Waals surface area (Å²) in [5.41, 5.74) is 0. The minimum absolute atomic E-state index is 0.597. The molecule has 7 heteroatoms. The van der Waals surface area contributed by atoms with Gasteiger partial charge in [0, 0.05) is 6.61 Å². The summed E-state index contributed by atoms with van der Waals surface area (Å²) in [6.45, 7) is 6.71. The van der Waals surface area contributed by atoms with E-state index in [0.717, 1.165) is 23.3 Å². The van der Waals surface area contributed by atoms with Crippen LogP contribution in [0.2, 0.25) is 0 Å². The van der Waals surface area contributed by atoms with Crippen molar-refractivity contribution in [1.82, 2.24) is 15.0 Å². The monoisotopic (exact) mass is 369 g/mol. The van der Waals surface area contributed by atoms with Gasteiger partial charge in [-0.3, -0.25) is 0 Å². The van der Waals surface area contributed by atoms with Crippen LogP contribution in [-0.2, 0) is 20.8 Å². The summed E-state index contributed by atoms with van der Waals surface area (Å²) in [5.74, 6) is 0. The van der Waals surface area contributed by atoms with Gasteiger partial charge in [-0.1, -0.05) is 12.1 Å². The zero-order valence-corrected chi connectivity index (χ0v) is 12.8. The van der Waals surface area contributed by atoms with Gasteiger partial charge in [-0.05, 0) is 29.0 Å². The number of halogens is 1. The van der Waals surface area contributed by atoms with E-state index in [2.05, 4.69) is 39.8 Å². The van der Waals surface area contributed by atoms with Crippen LogP contribution in [0.4, 0.5) is 0 Å². The van der Waals surface area contributed by atoms with Crippen LogP contribution < -0.4 is 0 Å². The summed E-state index contributed by atoms with van der Waals surface area (Å²) < 4.78 is 18.7. The number of rotatable bonds is 11. The van der Waals surface area contributed by atoms with Crippen molar-refractivity contribution in [3.8, 4) is 0 Å². The molecule has 1 rings (SSSR count). The Labute approximate surface area is 121 Å². The molecule has 0 aromatic carbocycles. The van der Waals surface area contributed by atoms with E-state index in [1.807, 2.05) is 6.20 Å². The minimum atomic E-state index is 0.597. The molecule has 0 unspecified atom stereocenters. The molecule has 0 spiro atoms. The summed E-state index contributed by atoms with van der Waals surface area (Å²) >= 11 is 2.13. The van der Waals surface area contributed by atoms with Gasteiger partial charge in [0.2, 0.25) is 0 Å². The van der Waals surface area contributed by atoms with E-state index < -0.39 is 0 Å². The molecule has 0 aliphatic rings. The molecule has 104 valence electrons. The Balaban J connectivity index is 1.81. The van der Waals surface area contributed by atoms with Crippen molar-refractivity contribution in [2.45, 2.75) is 19.9 Å². The summed E-state index contributed by atoms with van der Waals surface area (Å²) in [6, 6.07) is 0. The maximum atomic E-state index is 5.42. The molecule has 0 fully saturated rings. The van der Waals surface area contributed by atoms with Gasteiger partial charge >= 0.3 is 0 Å². The molecule has 0 amide bonds. The van der Waals surface area contributed by atoms with Gasteiger partial charge in [0.25, 0.3) is 0 Å². The van der Waals surface area contributed by atoms with Crippen LogP contribution in [0.5, 0.6) is 0 Å². The largest absolute Gasteiger partial charge is 0.379 e. The molecule has 0 aliphatic heterocycles. The number of nitrogens with zero attached hydrogens (tertiary/aromatic N) is 3. The second-order valence-electron chi connectivity index (χ2n) is 3.64. The maximum Gasteiger partial charge on any atom is 0.143 e. The fourth-order valence-electron chi connectivity index (χ4n) is 1.23. The van der Waals surface area contributed by atoms with Gasteiger partial charge in [0.1, 0.15) is 3.70 Å². The predicted molar refractivity (Wildman–Crippen MR) is 75.5 cm³/mol. The lowest BCUT2D eigenvalue weighted by molar-refractivity contribution is 0.0128. The average molecular weight is 369 g/mol. The zero-order valence-electron chi connectivity index (χ0n) is 10.7. The quantitative estimate of drug-likeness (QED) is 0.435. The Morgan fingerprint density at radius 1 is 1.06 bits per heavy atom. The van der Waals surface area contributed by atoms with E-state index in [-0.39, 0.29) is 0 Å². The van der Waals surface area contributed by atoms with Crippen LogP contribution in [0.25, 0.3) is 0 Å². The third-order valence-electron chi connectivity index (χ3n) is 2.07. The summed E-state index contributed by atoms with van der Waals surface area (Å²) in [7, 11) is 0. The Kier molecular flexibility index (Phi) is 9.35. The van der Waals surface area contributed by atoms with Crippen molar-refractivity contribution >= 4 is 22.6 Å². The van der Waals surface area contributed by atoms with Crippen molar-refractivity contribution in [3.63, 3.8) is 0 Å². The van der Waals surface area contributed by atoms with E-state index in [0.29, 0.717) is 33.0 Å². The predicted octanol–water partition coefficient (Wildman–Crippen LogP) is 1.34. The number of hydrogen-bond acceptors (Lipinski definition) is 5. The molecule has 0 saturated carbocycles. The Morgan fingerprint density at radius 3 is 2.22 bits per heavy atom. The topological polar surface area (TPSA) is 58.4 Å². The highest BCUT2D eigenvalue weighted by molar-refractivity contribution is 14.1. The first kappa shape index (κ1) is 15.8. The van der Waals surface area contributed by atoms with Crippen molar-refractivity contribution in [2.24, 2.45) is 0 Å². The first-order valence-electron chi connectivity index (χ1n) is 6.11. The van der Waals surface area contributed by atoms with Crippen molar-refractivity contribution in [1.29, 1.82) is 0 Å². The van der Waals surface area contributed by atoms with Gasteiger partial charge in [-0.2, -0.15) is 0 Å². The Morgan fingerprint density at radius 2 is 1.67 bits per heavy atom. The van der Waals surface area contributed by atoms with Crippen LogP contribution in [0.15, 0.2) is 6.20 Å². The van der Waals surface area contributed by atoms with Crippen LogP contribution in [-0.4, -0.2) is 54.6 Å². The van der Waals surface area contributed by atoms with Crippen molar-refractivity contribution in [3.05, 3.63) is 9.90 Å². The second kappa shape index (κ2) is 10.7. The minimum Gasteiger partial charge on any atom is -0.379 e. The SMILES string of the molecule is CCCOCCOCCOCCn1cc(I)nn1. The molecule has 18 heavy (non-hydrogen) atoms. The molecule has 6 nitrogen and oxygen atoms in total. The summed E-state index contributed by atoms with van der Waals surface area (Å²) in [4.78, 5) is 0. The zero-order chi connectivity index (χ0) is 13.1. The maximum absolute atomic E-state index is 5.42. The van der Waals surface area contributed by atoms with E-state index in [1.165, 1.54) is 0 Å². The molecular formula is C11H20IN3O3. The van der Waals surface area contributed by atoms with E-state index in [9.17, 15) is 0 Å². The molecule has 1 aromatic rings. The molecular weight excluding hydrogens is 349 g/mol. The number of hydrogen-bond donors (Lipinski definition) is 0. The van der Waals surface area contributed by atoms with E-state index in [4.69, 9.17) is 14.2 Å². The highest BCUT2D eigenvalue weighted by Gasteiger charge is 1.96. The Hall–Kier alpha value is -0.250.